The monoisotopic (exact) mass is 265 g/mol. The van der Waals surface area contributed by atoms with Gasteiger partial charge in [0.2, 0.25) is 5.91 Å². The molecular weight excluding hydrogens is 242 g/mol. The summed E-state index contributed by atoms with van der Waals surface area (Å²) in [5.41, 5.74) is 1.58. The van der Waals surface area contributed by atoms with Crippen molar-refractivity contribution in [3.63, 3.8) is 0 Å². The first-order valence-corrected chi connectivity index (χ1v) is 6.94. The standard InChI is InChI=1S/C14H23N3O2/c1-5-14(6-7-15-8-14)13(18)16-9(2)12-10(3)17-19-11(12)4/h9,15H,5-8H2,1-4H3,(H,16,18). The zero-order valence-corrected chi connectivity index (χ0v) is 12.2. The summed E-state index contributed by atoms with van der Waals surface area (Å²) in [6, 6.07) is -0.0669. The van der Waals surface area contributed by atoms with Gasteiger partial charge in [0.1, 0.15) is 5.76 Å². The lowest BCUT2D eigenvalue weighted by molar-refractivity contribution is -0.131. The maximum absolute atomic E-state index is 12.5. The third-order valence-electron chi connectivity index (χ3n) is 4.27. The van der Waals surface area contributed by atoms with E-state index in [4.69, 9.17) is 4.52 Å². The van der Waals surface area contributed by atoms with Crippen LogP contribution in [0.5, 0.6) is 0 Å². The van der Waals surface area contributed by atoms with E-state index in [9.17, 15) is 4.79 Å². The lowest BCUT2D eigenvalue weighted by Crippen LogP contribution is -2.43. The molecule has 0 radical (unpaired) electrons. The van der Waals surface area contributed by atoms with Crippen molar-refractivity contribution < 1.29 is 9.32 Å². The van der Waals surface area contributed by atoms with Gasteiger partial charge in [0.25, 0.3) is 0 Å². The van der Waals surface area contributed by atoms with Crippen molar-refractivity contribution in [2.75, 3.05) is 13.1 Å². The first kappa shape index (κ1) is 14.1. The number of carbonyl (C=O) groups excluding carboxylic acids is 1. The van der Waals surface area contributed by atoms with Crippen LogP contribution in [-0.2, 0) is 4.79 Å². The molecule has 1 fully saturated rings. The smallest absolute Gasteiger partial charge is 0.228 e. The van der Waals surface area contributed by atoms with E-state index in [0.717, 1.165) is 42.9 Å². The highest BCUT2D eigenvalue weighted by molar-refractivity contribution is 5.83. The molecule has 2 heterocycles. The molecule has 0 saturated carbocycles. The van der Waals surface area contributed by atoms with E-state index in [1.54, 1.807) is 0 Å². The van der Waals surface area contributed by atoms with Gasteiger partial charge < -0.3 is 15.2 Å². The summed E-state index contributed by atoms with van der Waals surface area (Å²) >= 11 is 0. The number of nitrogens with zero attached hydrogens (tertiary/aromatic N) is 1. The SMILES string of the molecule is CCC1(C(=O)NC(C)c2c(C)noc2C)CCNC1. The van der Waals surface area contributed by atoms with E-state index in [0.29, 0.717) is 0 Å². The molecule has 2 rings (SSSR count). The maximum Gasteiger partial charge on any atom is 0.228 e. The summed E-state index contributed by atoms with van der Waals surface area (Å²) in [5, 5.41) is 10.3. The van der Waals surface area contributed by atoms with Crippen molar-refractivity contribution >= 4 is 5.91 Å². The van der Waals surface area contributed by atoms with Crippen LogP contribution in [0.3, 0.4) is 0 Å². The van der Waals surface area contributed by atoms with Gasteiger partial charge in [-0.2, -0.15) is 0 Å². The van der Waals surface area contributed by atoms with Gasteiger partial charge in [-0.3, -0.25) is 4.79 Å². The van der Waals surface area contributed by atoms with E-state index in [1.165, 1.54) is 0 Å². The van der Waals surface area contributed by atoms with Crippen molar-refractivity contribution in [3.05, 3.63) is 17.0 Å². The minimum Gasteiger partial charge on any atom is -0.361 e. The topological polar surface area (TPSA) is 67.2 Å². The molecule has 2 unspecified atom stereocenters. The van der Waals surface area contributed by atoms with Crippen molar-refractivity contribution in [3.8, 4) is 0 Å². The summed E-state index contributed by atoms with van der Waals surface area (Å²) in [7, 11) is 0. The Hall–Kier alpha value is -1.36. The van der Waals surface area contributed by atoms with E-state index in [1.807, 2.05) is 20.8 Å². The van der Waals surface area contributed by atoms with Crippen LogP contribution in [0.2, 0.25) is 0 Å². The van der Waals surface area contributed by atoms with E-state index in [-0.39, 0.29) is 17.4 Å². The van der Waals surface area contributed by atoms with Gasteiger partial charge in [-0.25, -0.2) is 0 Å². The van der Waals surface area contributed by atoms with E-state index >= 15 is 0 Å². The first-order valence-electron chi connectivity index (χ1n) is 6.94. The first-order chi connectivity index (χ1) is 9.00. The van der Waals surface area contributed by atoms with Crippen LogP contribution < -0.4 is 10.6 Å². The number of amides is 1. The molecule has 5 heteroatoms. The molecule has 19 heavy (non-hydrogen) atoms. The number of rotatable bonds is 4. The predicted octanol–water partition coefficient (Wildman–Crippen LogP) is 1.86. The van der Waals surface area contributed by atoms with Crippen LogP contribution in [0.15, 0.2) is 4.52 Å². The summed E-state index contributed by atoms with van der Waals surface area (Å²) in [6.45, 7) is 9.53. The highest BCUT2D eigenvalue weighted by atomic mass is 16.5. The van der Waals surface area contributed by atoms with E-state index in [2.05, 4.69) is 22.7 Å². The number of nitrogens with one attached hydrogen (secondary N) is 2. The van der Waals surface area contributed by atoms with Gasteiger partial charge in [-0.1, -0.05) is 12.1 Å². The lowest BCUT2D eigenvalue weighted by Gasteiger charge is -2.27. The third kappa shape index (κ3) is 2.52. The number of hydrogen-bond acceptors (Lipinski definition) is 4. The minimum absolute atomic E-state index is 0.0669. The summed E-state index contributed by atoms with van der Waals surface area (Å²) in [4.78, 5) is 12.5. The number of aromatic nitrogens is 1. The fraction of sp³-hybridized carbons (Fsp3) is 0.714. The van der Waals surface area contributed by atoms with Crippen LogP contribution in [0.4, 0.5) is 0 Å². The fourth-order valence-corrected chi connectivity index (χ4v) is 2.93. The van der Waals surface area contributed by atoms with Crippen LogP contribution in [0.1, 0.15) is 49.7 Å². The second-order valence-electron chi connectivity index (χ2n) is 5.49. The second-order valence-corrected chi connectivity index (χ2v) is 5.49. The van der Waals surface area contributed by atoms with Gasteiger partial charge in [0.05, 0.1) is 17.2 Å². The molecule has 1 amide bonds. The molecule has 2 N–H and O–H groups in total. The largest absolute Gasteiger partial charge is 0.361 e. The fourth-order valence-electron chi connectivity index (χ4n) is 2.93. The number of aryl methyl sites for hydroxylation is 2. The van der Waals surface area contributed by atoms with Crippen LogP contribution >= 0.6 is 0 Å². The quantitative estimate of drug-likeness (QED) is 0.872. The third-order valence-corrected chi connectivity index (χ3v) is 4.27. The van der Waals surface area contributed by atoms with Crippen molar-refractivity contribution in [2.24, 2.45) is 5.41 Å². The Morgan fingerprint density at radius 3 is 2.79 bits per heavy atom. The molecule has 0 bridgehead atoms. The Kier molecular flexibility index (Phi) is 3.94. The molecule has 1 saturated heterocycles. The molecule has 5 nitrogen and oxygen atoms in total. The Morgan fingerprint density at radius 2 is 2.32 bits per heavy atom. The zero-order chi connectivity index (χ0) is 14.0. The average Bonchev–Trinajstić information content (AvgIpc) is 2.97. The minimum atomic E-state index is -0.257. The van der Waals surface area contributed by atoms with Crippen molar-refractivity contribution in [1.29, 1.82) is 0 Å². The Bertz CT molecular complexity index is 442. The van der Waals surface area contributed by atoms with E-state index < -0.39 is 0 Å². The molecule has 1 aromatic rings. The summed E-state index contributed by atoms with van der Waals surface area (Å²) < 4.78 is 5.16. The van der Waals surface area contributed by atoms with Gasteiger partial charge >= 0.3 is 0 Å². The summed E-state index contributed by atoms with van der Waals surface area (Å²) in [6.07, 6.45) is 1.77. The average molecular weight is 265 g/mol. The highest BCUT2D eigenvalue weighted by Gasteiger charge is 2.40. The number of carbonyl (C=O) groups is 1. The zero-order valence-electron chi connectivity index (χ0n) is 12.2. The molecular formula is C14H23N3O2. The molecule has 1 aromatic heterocycles. The van der Waals surface area contributed by atoms with Gasteiger partial charge in [-0.15, -0.1) is 0 Å². The normalized spacial score (nSPS) is 24.4. The molecule has 0 aromatic carbocycles. The number of hydrogen-bond donors (Lipinski definition) is 2. The Morgan fingerprint density at radius 1 is 1.58 bits per heavy atom. The molecule has 2 atom stereocenters. The Balaban J connectivity index is 2.10. The lowest BCUT2D eigenvalue weighted by atomic mass is 9.83. The molecule has 106 valence electrons. The van der Waals surface area contributed by atoms with Gasteiger partial charge in [0.15, 0.2) is 0 Å². The molecule has 0 spiro atoms. The Labute approximate surface area is 114 Å². The molecule has 0 aliphatic carbocycles. The van der Waals surface area contributed by atoms with Crippen molar-refractivity contribution in [1.82, 2.24) is 15.8 Å². The second kappa shape index (κ2) is 5.33. The summed E-state index contributed by atoms with van der Waals surface area (Å²) in [5.74, 6) is 0.910. The predicted molar refractivity (Wildman–Crippen MR) is 72.7 cm³/mol. The molecule has 1 aliphatic rings. The highest BCUT2D eigenvalue weighted by Crippen LogP contribution is 2.31. The van der Waals surface area contributed by atoms with Crippen LogP contribution in [0.25, 0.3) is 0 Å². The van der Waals surface area contributed by atoms with Crippen molar-refractivity contribution in [2.45, 2.75) is 46.6 Å². The van der Waals surface area contributed by atoms with Gasteiger partial charge in [-0.05, 0) is 40.2 Å². The van der Waals surface area contributed by atoms with Gasteiger partial charge in [0, 0.05) is 12.1 Å². The van der Waals surface area contributed by atoms with Crippen LogP contribution in [-0.4, -0.2) is 24.2 Å². The van der Waals surface area contributed by atoms with Crippen LogP contribution in [0, 0.1) is 19.3 Å². The maximum atomic E-state index is 12.5. The molecule has 1 aliphatic heterocycles.